The summed E-state index contributed by atoms with van der Waals surface area (Å²) >= 11 is 0. The molecular weight excluding hydrogens is 465 g/mol. The van der Waals surface area contributed by atoms with Crippen LogP contribution in [-0.2, 0) is 22.2 Å². The number of benzene rings is 2. The van der Waals surface area contributed by atoms with Crippen LogP contribution < -0.4 is 10.3 Å². The zero-order chi connectivity index (χ0) is 25.6. The molecule has 1 aromatic heterocycles. The predicted molar refractivity (Wildman–Crippen MR) is 122 cm³/mol. The lowest BCUT2D eigenvalue weighted by molar-refractivity contribution is -0.137. The van der Waals surface area contributed by atoms with Gasteiger partial charge in [0.1, 0.15) is 18.3 Å². The van der Waals surface area contributed by atoms with Crippen molar-refractivity contribution in [3.8, 4) is 22.8 Å². The Kier molecular flexibility index (Phi) is 8.30. The number of hydrogen-bond acceptors (Lipinski definition) is 5. The molecule has 0 aliphatic carbocycles. The third-order valence-corrected chi connectivity index (χ3v) is 5.18. The smallest absolute Gasteiger partial charge is 0.407 e. The van der Waals surface area contributed by atoms with Crippen LogP contribution >= 0.6 is 0 Å². The molecule has 1 N–H and O–H groups in total. The second-order valence-corrected chi connectivity index (χ2v) is 7.60. The molecule has 0 saturated carbocycles. The highest BCUT2D eigenvalue weighted by atomic mass is 19.4. The molecule has 35 heavy (non-hydrogen) atoms. The molecule has 0 saturated heterocycles. The number of aliphatic hydroxyl groups is 1. The van der Waals surface area contributed by atoms with Gasteiger partial charge in [-0.25, -0.2) is 4.85 Å². The number of methoxy groups -OCH3 is 1. The number of alkyl halides is 3. The average molecular weight is 488 g/mol. The molecule has 1 heterocycles. The summed E-state index contributed by atoms with van der Waals surface area (Å²) in [5, 5.41) is 10.5. The number of halogens is 3. The average Bonchev–Trinajstić information content (AvgIpc) is 2.84. The number of pyridine rings is 1. The van der Waals surface area contributed by atoms with E-state index in [9.17, 15) is 23.1 Å². The first-order valence-corrected chi connectivity index (χ1v) is 10.5. The van der Waals surface area contributed by atoms with Gasteiger partial charge in [0.05, 0.1) is 30.9 Å². The first-order chi connectivity index (χ1) is 16.7. The van der Waals surface area contributed by atoms with Crippen molar-refractivity contribution < 1.29 is 32.5 Å². The number of rotatable bonds is 9. The fraction of sp³-hybridized carbons (Fsp3) is 0.280. The van der Waals surface area contributed by atoms with E-state index in [1.54, 1.807) is 36.4 Å². The fourth-order valence-electron chi connectivity index (χ4n) is 3.32. The maximum Gasteiger partial charge on any atom is 0.407 e. The lowest BCUT2D eigenvalue weighted by Crippen LogP contribution is -2.36. The molecule has 0 aliphatic heterocycles. The van der Waals surface area contributed by atoms with Crippen LogP contribution in [0.15, 0.2) is 65.5 Å². The van der Waals surface area contributed by atoms with E-state index in [-0.39, 0.29) is 18.1 Å². The summed E-state index contributed by atoms with van der Waals surface area (Å²) in [4.78, 5) is 15.8. The van der Waals surface area contributed by atoms with Crippen LogP contribution in [0.5, 0.6) is 11.5 Å². The lowest BCUT2D eigenvalue weighted by Gasteiger charge is -2.23. The quantitative estimate of drug-likeness (QED) is 0.329. The number of nitrogens with zero attached hydrogens (tertiary/aromatic N) is 2. The molecule has 0 fully saturated rings. The Morgan fingerprint density at radius 2 is 1.71 bits per heavy atom. The molecule has 0 bridgehead atoms. The Balaban J connectivity index is 2.06. The zero-order valence-corrected chi connectivity index (χ0v) is 19.0. The minimum Gasteiger partial charge on any atom is -0.457 e. The van der Waals surface area contributed by atoms with Crippen LogP contribution in [-0.4, -0.2) is 35.8 Å². The zero-order valence-electron chi connectivity index (χ0n) is 19.0. The Hall–Kier alpha value is -3.65. The standard InChI is InChI=1S/C25H23F3N2O5/c1-16(34-15-33-3)22(31)14-30-21(13-20(25(26,27)28)23(29-2)24(30)32)17-9-11-19(12-10-17)35-18-7-5-4-6-8-18/h4-13,16,22,31H,14-15H2,1,3H3. The molecule has 3 aromatic rings. The van der Waals surface area contributed by atoms with Gasteiger partial charge in [-0.05, 0) is 55.0 Å². The normalized spacial score (nSPS) is 13.2. The minimum atomic E-state index is -4.92. The summed E-state index contributed by atoms with van der Waals surface area (Å²) < 4.78 is 57.8. The van der Waals surface area contributed by atoms with Gasteiger partial charge in [0, 0.05) is 12.8 Å². The molecule has 0 aliphatic rings. The summed E-state index contributed by atoms with van der Waals surface area (Å²) in [6.45, 7) is 8.17. The van der Waals surface area contributed by atoms with Crippen molar-refractivity contribution in [2.24, 2.45) is 0 Å². The molecule has 3 rings (SSSR count). The number of hydrogen-bond donors (Lipinski definition) is 1. The van der Waals surface area contributed by atoms with Crippen molar-refractivity contribution >= 4 is 5.69 Å². The number of para-hydroxylation sites is 1. The number of ether oxygens (including phenoxy) is 3. The molecule has 184 valence electrons. The lowest BCUT2D eigenvalue weighted by atomic mass is 10.1. The molecular formula is C25H23F3N2O5. The monoisotopic (exact) mass is 488 g/mol. The van der Waals surface area contributed by atoms with Gasteiger partial charge < -0.3 is 23.9 Å². The Bertz CT molecular complexity index is 1240. The molecule has 2 atom stereocenters. The summed E-state index contributed by atoms with van der Waals surface area (Å²) in [6, 6.07) is 15.8. The second kappa shape index (κ2) is 11.2. The molecule has 7 nitrogen and oxygen atoms in total. The van der Waals surface area contributed by atoms with Gasteiger partial charge in [0.15, 0.2) is 0 Å². The summed E-state index contributed by atoms with van der Waals surface area (Å²) in [5.74, 6) is 1.01. The molecule has 2 unspecified atom stereocenters. The van der Waals surface area contributed by atoms with E-state index in [1.165, 1.54) is 26.2 Å². The highest BCUT2D eigenvalue weighted by Crippen LogP contribution is 2.37. The van der Waals surface area contributed by atoms with Crippen LogP contribution in [0.1, 0.15) is 12.5 Å². The Morgan fingerprint density at radius 1 is 1.09 bits per heavy atom. The van der Waals surface area contributed by atoms with Gasteiger partial charge in [0.25, 0.3) is 11.2 Å². The third-order valence-electron chi connectivity index (χ3n) is 5.18. The maximum absolute atomic E-state index is 13.7. The van der Waals surface area contributed by atoms with E-state index >= 15 is 0 Å². The van der Waals surface area contributed by atoms with Crippen molar-refractivity contribution in [1.29, 1.82) is 0 Å². The highest BCUT2D eigenvalue weighted by Gasteiger charge is 2.36. The third kappa shape index (κ3) is 6.27. The second-order valence-electron chi connectivity index (χ2n) is 7.60. The van der Waals surface area contributed by atoms with E-state index in [1.807, 2.05) is 6.07 Å². The number of aliphatic hydroxyl groups excluding tert-OH is 1. The SMILES string of the molecule is [C-]#[N+]c1c(C(F)(F)F)cc(-c2ccc(Oc3ccccc3)cc2)n(CC(O)C(C)OCOC)c1=O. The van der Waals surface area contributed by atoms with E-state index in [4.69, 9.17) is 20.8 Å². The van der Waals surface area contributed by atoms with E-state index in [0.29, 0.717) is 11.5 Å². The first-order valence-electron chi connectivity index (χ1n) is 10.5. The predicted octanol–water partition coefficient (Wildman–Crippen LogP) is 5.25. The molecule has 0 amide bonds. The van der Waals surface area contributed by atoms with Gasteiger partial charge >= 0.3 is 6.18 Å². The Labute approximate surface area is 199 Å². The summed E-state index contributed by atoms with van der Waals surface area (Å²) in [6.07, 6.45) is -6.98. The van der Waals surface area contributed by atoms with Gasteiger partial charge in [-0.3, -0.25) is 4.79 Å². The van der Waals surface area contributed by atoms with Crippen LogP contribution in [0.3, 0.4) is 0 Å². The van der Waals surface area contributed by atoms with Crippen LogP contribution in [0, 0.1) is 6.57 Å². The Morgan fingerprint density at radius 3 is 2.29 bits per heavy atom. The highest BCUT2D eigenvalue weighted by molar-refractivity contribution is 5.66. The van der Waals surface area contributed by atoms with Crippen molar-refractivity contribution in [2.45, 2.75) is 31.9 Å². The number of aromatic nitrogens is 1. The first kappa shape index (κ1) is 26.0. The topological polar surface area (TPSA) is 74.3 Å². The van der Waals surface area contributed by atoms with Crippen molar-refractivity contribution in [3.63, 3.8) is 0 Å². The fourth-order valence-corrected chi connectivity index (χ4v) is 3.32. The molecule has 0 spiro atoms. The van der Waals surface area contributed by atoms with Crippen molar-refractivity contribution in [2.75, 3.05) is 13.9 Å². The minimum absolute atomic E-state index is 0.112. The summed E-state index contributed by atoms with van der Waals surface area (Å²) in [7, 11) is 1.39. The van der Waals surface area contributed by atoms with Crippen LogP contribution in [0.25, 0.3) is 16.1 Å². The maximum atomic E-state index is 13.7. The van der Waals surface area contributed by atoms with Crippen LogP contribution in [0.2, 0.25) is 0 Å². The van der Waals surface area contributed by atoms with Crippen molar-refractivity contribution in [3.05, 3.63) is 88.0 Å². The molecule has 10 heteroatoms. The largest absolute Gasteiger partial charge is 0.457 e. The van der Waals surface area contributed by atoms with Gasteiger partial charge in [-0.1, -0.05) is 18.2 Å². The van der Waals surface area contributed by atoms with Gasteiger partial charge in [-0.15, -0.1) is 0 Å². The van der Waals surface area contributed by atoms with Crippen molar-refractivity contribution in [1.82, 2.24) is 4.57 Å². The van der Waals surface area contributed by atoms with Gasteiger partial charge in [-0.2, -0.15) is 13.2 Å². The van der Waals surface area contributed by atoms with Crippen LogP contribution in [0.4, 0.5) is 18.9 Å². The van der Waals surface area contributed by atoms with Gasteiger partial charge in [0.2, 0.25) is 0 Å². The summed E-state index contributed by atoms with van der Waals surface area (Å²) in [5.41, 5.74) is -3.41. The van der Waals surface area contributed by atoms with E-state index in [2.05, 4.69) is 4.85 Å². The van der Waals surface area contributed by atoms with E-state index in [0.717, 1.165) is 10.6 Å². The molecule has 0 radical (unpaired) electrons. The van der Waals surface area contributed by atoms with E-state index < -0.39 is 41.7 Å². The molecule has 2 aromatic carbocycles.